The highest BCUT2D eigenvalue weighted by molar-refractivity contribution is 7.12. The van der Waals surface area contributed by atoms with Crippen LogP contribution in [-0.4, -0.2) is 31.1 Å². The van der Waals surface area contributed by atoms with E-state index < -0.39 is 0 Å². The predicted molar refractivity (Wildman–Crippen MR) is 94.8 cm³/mol. The molecule has 1 aliphatic rings. The Morgan fingerprint density at radius 2 is 1.80 bits per heavy atom. The zero-order valence-corrected chi connectivity index (χ0v) is 15.4. The Morgan fingerprint density at radius 1 is 1.20 bits per heavy atom. The SMILES string of the molecule is CCc1ccc([C@H](N2CCNCC2)C(C)(C)C)s1.Cl.Cl. The zero-order chi connectivity index (χ0) is 13.2. The number of piperazine rings is 1. The molecule has 0 aliphatic carbocycles. The van der Waals surface area contributed by atoms with Crippen LogP contribution in [0.4, 0.5) is 0 Å². The van der Waals surface area contributed by atoms with Gasteiger partial charge in [0.15, 0.2) is 0 Å². The van der Waals surface area contributed by atoms with Gasteiger partial charge < -0.3 is 5.32 Å². The summed E-state index contributed by atoms with van der Waals surface area (Å²) >= 11 is 2.00. The molecular weight excluding hydrogens is 311 g/mol. The van der Waals surface area contributed by atoms with Crippen molar-refractivity contribution in [1.82, 2.24) is 10.2 Å². The second kappa shape index (κ2) is 8.60. The van der Waals surface area contributed by atoms with Crippen LogP contribution in [0.2, 0.25) is 0 Å². The maximum absolute atomic E-state index is 3.45. The summed E-state index contributed by atoms with van der Waals surface area (Å²) in [5.41, 5.74) is 0.299. The molecule has 0 radical (unpaired) electrons. The highest BCUT2D eigenvalue weighted by Gasteiger charge is 2.33. The number of aryl methyl sites for hydroxylation is 1. The van der Waals surface area contributed by atoms with Gasteiger partial charge in [-0.2, -0.15) is 0 Å². The molecule has 2 heterocycles. The van der Waals surface area contributed by atoms with E-state index in [-0.39, 0.29) is 24.8 Å². The van der Waals surface area contributed by atoms with Crippen LogP contribution in [0, 0.1) is 5.41 Å². The van der Waals surface area contributed by atoms with Gasteiger partial charge in [-0.05, 0) is 24.0 Å². The molecule has 20 heavy (non-hydrogen) atoms. The van der Waals surface area contributed by atoms with Gasteiger partial charge in [0.1, 0.15) is 0 Å². The number of nitrogens with zero attached hydrogens (tertiary/aromatic N) is 1. The number of nitrogens with one attached hydrogen (secondary N) is 1. The Labute approximate surface area is 140 Å². The minimum Gasteiger partial charge on any atom is -0.314 e. The Balaban J connectivity index is 0.00000180. The lowest BCUT2D eigenvalue weighted by Crippen LogP contribution is -2.48. The summed E-state index contributed by atoms with van der Waals surface area (Å²) in [6.07, 6.45) is 1.16. The molecule has 1 N–H and O–H groups in total. The lowest BCUT2D eigenvalue weighted by molar-refractivity contribution is 0.0888. The Morgan fingerprint density at radius 3 is 2.25 bits per heavy atom. The summed E-state index contributed by atoms with van der Waals surface area (Å²) in [7, 11) is 0. The van der Waals surface area contributed by atoms with E-state index in [4.69, 9.17) is 0 Å². The van der Waals surface area contributed by atoms with Gasteiger partial charge in [0.05, 0.1) is 0 Å². The van der Waals surface area contributed by atoms with E-state index in [2.05, 4.69) is 50.0 Å². The predicted octanol–water partition coefficient (Wildman–Crippen LogP) is 4.15. The van der Waals surface area contributed by atoms with E-state index in [1.165, 1.54) is 18.0 Å². The third-order valence-corrected chi connectivity index (χ3v) is 4.92. The first-order valence-corrected chi connectivity index (χ1v) is 7.87. The Kier molecular flexibility index (Phi) is 8.68. The Bertz CT molecular complexity index is 381. The topological polar surface area (TPSA) is 15.3 Å². The third kappa shape index (κ3) is 4.88. The standard InChI is InChI=1S/C15H26N2S.2ClH/c1-5-12-6-7-13(18-12)14(15(2,3)4)17-10-8-16-9-11-17;;/h6-7,14,16H,5,8-11H2,1-4H3;2*1H/t14-;;/m0../s1. The van der Waals surface area contributed by atoms with Crippen LogP contribution in [0.3, 0.4) is 0 Å². The summed E-state index contributed by atoms with van der Waals surface area (Å²) < 4.78 is 0. The summed E-state index contributed by atoms with van der Waals surface area (Å²) in [5, 5.41) is 3.45. The quantitative estimate of drug-likeness (QED) is 0.890. The molecule has 1 aliphatic heterocycles. The molecule has 0 spiro atoms. The lowest BCUT2D eigenvalue weighted by Gasteiger charge is -2.41. The molecule has 1 fully saturated rings. The fraction of sp³-hybridized carbons (Fsp3) is 0.733. The van der Waals surface area contributed by atoms with Gasteiger partial charge in [-0.15, -0.1) is 36.2 Å². The van der Waals surface area contributed by atoms with Gasteiger partial charge in [-0.1, -0.05) is 27.7 Å². The van der Waals surface area contributed by atoms with Crippen LogP contribution < -0.4 is 5.32 Å². The minimum absolute atomic E-state index is 0. The average molecular weight is 339 g/mol. The molecule has 1 saturated heterocycles. The number of halogens is 2. The van der Waals surface area contributed by atoms with Gasteiger partial charge in [-0.3, -0.25) is 4.90 Å². The largest absolute Gasteiger partial charge is 0.314 e. The van der Waals surface area contributed by atoms with E-state index in [0.29, 0.717) is 11.5 Å². The highest BCUT2D eigenvalue weighted by atomic mass is 35.5. The second-order valence-corrected chi connectivity index (χ2v) is 7.41. The van der Waals surface area contributed by atoms with Crippen LogP contribution in [0.15, 0.2) is 12.1 Å². The van der Waals surface area contributed by atoms with Crippen LogP contribution in [0.1, 0.15) is 43.5 Å². The summed E-state index contributed by atoms with van der Waals surface area (Å²) in [5.74, 6) is 0. The van der Waals surface area contributed by atoms with Crippen LogP contribution in [-0.2, 0) is 6.42 Å². The molecule has 2 rings (SSSR count). The molecule has 0 bridgehead atoms. The fourth-order valence-corrected chi connectivity index (χ4v) is 4.16. The molecule has 0 amide bonds. The first kappa shape index (κ1) is 20.2. The maximum Gasteiger partial charge on any atom is 0.0490 e. The molecule has 1 aromatic heterocycles. The monoisotopic (exact) mass is 338 g/mol. The first-order valence-electron chi connectivity index (χ1n) is 7.05. The zero-order valence-electron chi connectivity index (χ0n) is 12.9. The van der Waals surface area contributed by atoms with Crippen LogP contribution in [0.5, 0.6) is 0 Å². The summed E-state index contributed by atoms with van der Waals surface area (Å²) in [6, 6.07) is 5.22. The van der Waals surface area contributed by atoms with Crippen molar-refractivity contribution in [2.24, 2.45) is 5.41 Å². The van der Waals surface area contributed by atoms with E-state index >= 15 is 0 Å². The molecule has 5 heteroatoms. The van der Waals surface area contributed by atoms with Crippen molar-refractivity contribution >= 4 is 36.2 Å². The molecule has 2 nitrogen and oxygen atoms in total. The van der Waals surface area contributed by atoms with Crippen molar-refractivity contribution in [3.63, 3.8) is 0 Å². The van der Waals surface area contributed by atoms with Crippen molar-refractivity contribution in [1.29, 1.82) is 0 Å². The van der Waals surface area contributed by atoms with E-state index in [9.17, 15) is 0 Å². The molecule has 1 atom stereocenters. The van der Waals surface area contributed by atoms with Crippen molar-refractivity contribution in [3.8, 4) is 0 Å². The molecule has 0 saturated carbocycles. The second-order valence-electron chi connectivity index (χ2n) is 6.21. The van der Waals surface area contributed by atoms with Crippen molar-refractivity contribution in [3.05, 3.63) is 21.9 Å². The number of thiophene rings is 1. The minimum atomic E-state index is 0. The van der Waals surface area contributed by atoms with E-state index in [1.807, 2.05) is 11.3 Å². The van der Waals surface area contributed by atoms with Crippen molar-refractivity contribution in [2.75, 3.05) is 26.2 Å². The molecule has 0 unspecified atom stereocenters. The lowest BCUT2D eigenvalue weighted by atomic mass is 9.84. The fourth-order valence-electron chi connectivity index (χ4n) is 2.83. The van der Waals surface area contributed by atoms with E-state index in [1.54, 1.807) is 4.88 Å². The van der Waals surface area contributed by atoms with Gasteiger partial charge >= 0.3 is 0 Å². The van der Waals surface area contributed by atoms with Gasteiger partial charge in [0.25, 0.3) is 0 Å². The summed E-state index contributed by atoms with van der Waals surface area (Å²) in [6.45, 7) is 13.9. The Hall–Kier alpha value is 0.200. The number of hydrogen-bond donors (Lipinski definition) is 1. The highest BCUT2D eigenvalue weighted by Crippen LogP contribution is 2.41. The first-order chi connectivity index (χ1) is 8.52. The molecule has 0 aromatic carbocycles. The molecule has 118 valence electrons. The van der Waals surface area contributed by atoms with Crippen LogP contribution >= 0.6 is 36.2 Å². The van der Waals surface area contributed by atoms with Crippen LogP contribution in [0.25, 0.3) is 0 Å². The maximum atomic E-state index is 3.45. The smallest absolute Gasteiger partial charge is 0.0490 e. The van der Waals surface area contributed by atoms with Crippen molar-refractivity contribution < 1.29 is 0 Å². The van der Waals surface area contributed by atoms with Gasteiger partial charge in [0, 0.05) is 42.0 Å². The summed E-state index contributed by atoms with van der Waals surface area (Å²) in [4.78, 5) is 5.71. The van der Waals surface area contributed by atoms with E-state index in [0.717, 1.165) is 19.5 Å². The van der Waals surface area contributed by atoms with Gasteiger partial charge in [0.2, 0.25) is 0 Å². The normalized spacial score (nSPS) is 18.0. The molecular formula is C15H28Cl2N2S. The number of hydrogen-bond acceptors (Lipinski definition) is 3. The van der Waals surface area contributed by atoms with Gasteiger partial charge in [-0.25, -0.2) is 0 Å². The third-order valence-electron chi connectivity index (χ3n) is 3.64. The molecule has 1 aromatic rings. The average Bonchev–Trinajstić information content (AvgIpc) is 2.77. The van der Waals surface area contributed by atoms with Crippen molar-refractivity contribution in [2.45, 2.75) is 40.2 Å². The number of rotatable bonds is 3.